The van der Waals surface area contributed by atoms with E-state index in [0.717, 1.165) is 5.56 Å². The summed E-state index contributed by atoms with van der Waals surface area (Å²) in [6.45, 7) is 0.382. The van der Waals surface area contributed by atoms with E-state index in [1.54, 1.807) is 18.2 Å². The molecule has 1 aromatic heterocycles. The Morgan fingerprint density at radius 3 is 2.73 bits per heavy atom. The lowest BCUT2D eigenvalue weighted by Crippen LogP contribution is -1.97. The standard InChI is InChI=1S/C23H14BrClFN3O/c24-18-9-15(10-19(25)22(18)30-13-14-4-2-1-3-5-14)8-16(12-27)23-28-20-7-6-17(26)11-21(20)29-23/h1-11H,13H2,(H,28,29)/b16-8-. The zero-order valence-electron chi connectivity index (χ0n) is 15.5. The van der Waals surface area contributed by atoms with Gasteiger partial charge in [-0.05, 0) is 63.5 Å². The SMILES string of the molecule is N#C/C(=C/c1cc(Cl)c(OCc2ccccc2)c(Br)c1)c1nc2ccc(F)cc2[nH]1. The molecule has 7 heteroatoms. The van der Waals surface area contributed by atoms with Gasteiger partial charge in [0, 0.05) is 0 Å². The number of ether oxygens (including phenoxy) is 1. The van der Waals surface area contributed by atoms with Gasteiger partial charge < -0.3 is 9.72 Å². The van der Waals surface area contributed by atoms with Crippen LogP contribution in [0.1, 0.15) is 17.0 Å². The van der Waals surface area contributed by atoms with Crippen LogP contribution in [0.2, 0.25) is 5.02 Å². The number of aromatic amines is 1. The lowest BCUT2D eigenvalue weighted by atomic mass is 10.1. The van der Waals surface area contributed by atoms with Crippen LogP contribution < -0.4 is 4.74 Å². The van der Waals surface area contributed by atoms with Gasteiger partial charge in [-0.15, -0.1) is 0 Å². The minimum atomic E-state index is -0.373. The van der Waals surface area contributed by atoms with Crippen molar-refractivity contribution in [1.82, 2.24) is 9.97 Å². The summed E-state index contributed by atoms with van der Waals surface area (Å²) in [6, 6.07) is 19.7. The highest BCUT2D eigenvalue weighted by atomic mass is 79.9. The molecule has 0 aliphatic heterocycles. The fourth-order valence-electron chi connectivity index (χ4n) is 2.96. The largest absolute Gasteiger partial charge is 0.486 e. The van der Waals surface area contributed by atoms with E-state index >= 15 is 0 Å². The maximum Gasteiger partial charge on any atom is 0.152 e. The van der Waals surface area contributed by atoms with Crippen molar-refractivity contribution in [3.8, 4) is 11.8 Å². The number of hydrogen-bond donors (Lipinski definition) is 1. The van der Waals surface area contributed by atoms with Crippen LogP contribution in [-0.4, -0.2) is 9.97 Å². The molecular formula is C23H14BrClFN3O. The van der Waals surface area contributed by atoms with Gasteiger partial charge in [-0.1, -0.05) is 41.9 Å². The van der Waals surface area contributed by atoms with Gasteiger partial charge in [0.2, 0.25) is 0 Å². The molecule has 0 fully saturated rings. The molecule has 0 spiro atoms. The van der Waals surface area contributed by atoms with E-state index < -0.39 is 0 Å². The van der Waals surface area contributed by atoms with Crippen molar-refractivity contribution >= 4 is 50.2 Å². The Balaban J connectivity index is 1.62. The lowest BCUT2D eigenvalue weighted by Gasteiger charge is -2.11. The number of rotatable bonds is 5. The zero-order chi connectivity index (χ0) is 21.1. The van der Waals surface area contributed by atoms with Gasteiger partial charge >= 0.3 is 0 Å². The average molecular weight is 483 g/mol. The highest BCUT2D eigenvalue weighted by Gasteiger charge is 2.12. The maximum absolute atomic E-state index is 13.4. The molecule has 30 heavy (non-hydrogen) atoms. The van der Waals surface area contributed by atoms with E-state index in [-0.39, 0.29) is 5.82 Å². The first kappa shape index (κ1) is 20.1. The smallest absolute Gasteiger partial charge is 0.152 e. The molecule has 148 valence electrons. The normalized spacial score (nSPS) is 11.5. The number of nitrogens with one attached hydrogen (secondary N) is 1. The monoisotopic (exact) mass is 481 g/mol. The molecule has 0 aliphatic carbocycles. The Hall–Kier alpha value is -3.14. The Morgan fingerprint density at radius 2 is 2.00 bits per heavy atom. The maximum atomic E-state index is 13.4. The number of imidazole rings is 1. The van der Waals surface area contributed by atoms with Crippen molar-refractivity contribution in [1.29, 1.82) is 5.26 Å². The number of nitriles is 1. The number of H-pyrrole nitrogens is 1. The third kappa shape index (κ3) is 4.38. The van der Waals surface area contributed by atoms with E-state index in [4.69, 9.17) is 16.3 Å². The average Bonchev–Trinajstić information content (AvgIpc) is 3.15. The zero-order valence-corrected chi connectivity index (χ0v) is 17.8. The van der Waals surface area contributed by atoms with Crippen LogP contribution in [0, 0.1) is 17.1 Å². The molecular weight excluding hydrogens is 469 g/mol. The molecule has 0 saturated carbocycles. The highest BCUT2D eigenvalue weighted by molar-refractivity contribution is 9.10. The quantitative estimate of drug-likeness (QED) is 0.320. The summed E-state index contributed by atoms with van der Waals surface area (Å²) in [4.78, 5) is 7.34. The Labute approximate surface area is 185 Å². The fourth-order valence-corrected chi connectivity index (χ4v) is 3.95. The summed E-state index contributed by atoms with van der Waals surface area (Å²) in [7, 11) is 0. The number of halogens is 3. The minimum Gasteiger partial charge on any atom is -0.486 e. The highest BCUT2D eigenvalue weighted by Crippen LogP contribution is 2.36. The first-order valence-corrected chi connectivity index (χ1v) is 10.1. The Bertz CT molecular complexity index is 1270. The van der Waals surface area contributed by atoms with Gasteiger partial charge in [0.15, 0.2) is 5.75 Å². The van der Waals surface area contributed by atoms with Crippen LogP contribution in [0.5, 0.6) is 5.75 Å². The summed E-state index contributed by atoms with van der Waals surface area (Å²) in [5.74, 6) is 0.507. The third-order valence-corrected chi connectivity index (χ3v) is 5.25. The van der Waals surface area contributed by atoms with Crippen LogP contribution in [0.25, 0.3) is 22.7 Å². The first-order valence-electron chi connectivity index (χ1n) is 8.96. The van der Waals surface area contributed by atoms with Gasteiger partial charge in [-0.25, -0.2) is 9.37 Å². The van der Waals surface area contributed by atoms with Crippen LogP contribution in [0.3, 0.4) is 0 Å². The second kappa shape index (κ2) is 8.70. The molecule has 1 N–H and O–H groups in total. The summed E-state index contributed by atoms with van der Waals surface area (Å²) >= 11 is 9.91. The van der Waals surface area contributed by atoms with Crippen LogP contribution in [0.15, 0.2) is 65.1 Å². The molecule has 0 amide bonds. The van der Waals surface area contributed by atoms with Crippen molar-refractivity contribution in [2.75, 3.05) is 0 Å². The van der Waals surface area contributed by atoms with Gasteiger partial charge in [0.25, 0.3) is 0 Å². The van der Waals surface area contributed by atoms with Crippen molar-refractivity contribution < 1.29 is 9.13 Å². The summed E-state index contributed by atoms with van der Waals surface area (Å²) in [5, 5.41) is 10.0. The summed E-state index contributed by atoms with van der Waals surface area (Å²) in [6.07, 6.45) is 1.66. The molecule has 3 aromatic carbocycles. The number of nitrogens with zero attached hydrogens (tertiary/aromatic N) is 2. The van der Waals surface area contributed by atoms with E-state index in [9.17, 15) is 9.65 Å². The molecule has 0 aliphatic rings. The van der Waals surface area contributed by atoms with E-state index in [2.05, 4.69) is 32.0 Å². The number of benzene rings is 3. The number of aromatic nitrogens is 2. The fraction of sp³-hybridized carbons (Fsp3) is 0.0435. The van der Waals surface area contributed by atoms with E-state index in [1.807, 2.05) is 36.4 Å². The Morgan fingerprint density at radius 1 is 1.20 bits per heavy atom. The molecule has 0 unspecified atom stereocenters. The molecule has 4 nitrogen and oxygen atoms in total. The van der Waals surface area contributed by atoms with Gasteiger partial charge in [-0.2, -0.15) is 5.26 Å². The predicted octanol–water partition coefficient (Wildman–Crippen LogP) is 6.76. The molecule has 4 aromatic rings. The van der Waals surface area contributed by atoms with Crippen molar-refractivity contribution in [3.63, 3.8) is 0 Å². The number of fused-ring (bicyclic) bond motifs is 1. The van der Waals surface area contributed by atoms with E-state index in [1.165, 1.54) is 12.1 Å². The third-order valence-electron chi connectivity index (χ3n) is 4.38. The Kier molecular flexibility index (Phi) is 5.84. The van der Waals surface area contributed by atoms with Crippen molar-refractivity contribution in [2.45, 2.75) is 6.61 Å². The predicted molar refractivity (Wildman–Crippen MR) is 119 cm³/mol. The minimum absolute atomic E-state index is 0.299. The molecule has 4 rings (SSSR count). The lowest BCUT2D eigenvalue weighted by molar-refractivity contribution is 0.304. The second-order valence-electron chi connectivity index (χ2n) is 6.50. The number of allylic oxidation sites excluding steroid dienone is 1. The van der Waals surface area contributed by atoms with Gasteiger partial charge in [0.1, 0.15) is 24.3 Å². The molecule has 0 saturated heterocycles. The van der Waals surface area contributed by atoms with Gasteiger partial charge in [0.05, 0.1) is 26.1 Å². The molecule has 0 bridgehead atoms. The van der Waals surface area contributed by atoms with Crippen molar-refractivity contribution in [2.24, 2.45) is 0 Å². The van der Waals surface area contributed by atoms with Crippen molar-refractivity contribution in [3.05, 3.63) is 92.9 Å². The molecule has 0 radical (unpaired) electrons. The summed E-state index contributed by atoms with van der Waals surface area (Å²) in [5.41, 5.74) is 3.12. The van der Waals surface area contributed by atoms with Crippen LogP contribution >= 0.6 is 27.5 Å². The topological polar surface area (TPSA) is 61.7 Å². The van der Waals surface area contributed by atoms with E-state index in [0.29, 0.717) is 49.8 Å². The molecule has 1 heterocycles. The first-order chi connectivity index (χ1) is 14.5. The van der Waals surface area contributed by atoms with Gasteiger partial charge in [-0.3, -0.25) is 0 Å². The van der Waals surface area contributed by atoms with Crippen LogP contribution in [-0.2, 0) is 6.61 Å². The number of hydrogen-bond acceptors (Lipinski definition) is 3. The van der Waals surface area contributed by atoms with Crippen LogP contribution in [0.4, 0.5) is 4.39 Å². The summed E-state index contributed by atoms with van der Waals surface area (Å²) < 4.78 is 19.9. The second-order valence-corrected chi connectivity index (χ2v) is 7.77. The molecule has 0 atom stereocenters.